The SMILES string of the molecule is CC1(C)CC(=O)c2cc(-c3nc(-c4ccc(Cl)cc4)cs3)c(=O)n(-c3ccccc3C3CC3)c2C1. The molecule has 0 atom stereocenters. The fraction of sp³-hybridized carbons (Fsp3) is 0.276. The number of ketones is 1. The molecule has 2 aromatic heterocycles. The summed E-state index contributed by atoms with van der Waals surface area (Å²) in [5, 5.41) is 3.24. The average molecular weight is 501 g/mol. The zero-order chi connectivity index (χ0) is 24.3. The Hall–Kier alpha value is -3.02. The van der Waals surface area contributed by atoms with Crippen molar-refractivity contribution in [3.8, 4) is 27.5 Å². The molecule has 0 saturated heterocycles. The van der Waals surface area contributed by atoms with Gasteiger partial charge in [-0.25, -0.2) is 4.98 Å². The van der Waals surface area contributed by atoms with Gasteiger partial charge in [0.1, 0.15) is 5.01 Å². The summed E-state index contributed by atoms with van der Waals surface area (Å²) in [5.74, 6) is 0.561. The predicted octanol–water partition coefficient (Wildman–Crippen LogP) is 7.31. The zero-order valence-corrected chi connectivity index (χ0v) is 21.2. The van der Waals surface area contributed by atoms with Gasteiger partial charge in [0, 0.05) is 33.6 Å². The van der Waals surface area contributed by atoms with E-state index in [2.05, 4.69) is 19.9 Å². The summed E-state index contributed by atoms with van der Waals surface area (Å²) < 4.78 is 1.82. The van der Waals surface area contributed by atoms with Crippen molar-refractivity contribution in [2.75, 3.05) is 0 Å². The number of pyridine rings is 1. The molecule has 0 unspecified atom stereocenters. The minimum absolute atomic E-state index is 0.0876. The minimum Gasteiger partial charge on any atom is -0.294 e. The molecular weight excluding hydrogens is 476 g/mol. The van der Waals surface area contributed by atoms with Gasteiger partial charge >= 0.3 is 0 Å². The molecule has 6 heteroatoms. The number of halogens is 1. The number of carbonyl (C=O) groups is 1. The molecule has 4 nitrogen and oxygen atoms in total. The molecule has 0 N–H and O–H groups in total. The third-order valence-electron chi connectivity index (χ3n) is 6.96. The van der Waals surface area contributed by atoms with Gasteiger partial charge in [-0.1, -0.05) is 55.8 Å². The van der Waals surface area contributed by atoms with E-state index in [4.69, 9.17) is 16.6 Å². The van der Waals surface area contributed by atoms with E-state index in [1.54, 1.807) is 6.07 Å². The van der Waals surface area contributed by atoms with E-state index in [1.807, 2.05) is 52.4 Å². The molecular formula is C29H25ClN2O2S. The van der Waals surface area contributed by atoms with Crippen LogP contribution in [0.1, 0.15) is 60.6 Å². The number of Topliss-reactive ketones (excluding diaryl/α,β-unsaturated/α-hetero) is 1. The van der Waals surface area contributed by atoms with Crippen molar-refractivity contribution < 1.29 is 4.79 Å². The number of aromatic nitrogens is 2. The summed E-state index contributed by atoms with van der Waals surface area (Å²) in [7, 11) is 0. The maximum absolute atomic E-state index is 14.1. The normalized spacial score (nSPS) is 16.8. The molecule has 0 amide bonds. The number of carbonyl (C=O) groups excluding carboxylic acids is 1. The van der Waals surface area contributed by atoms with E-state index in [-0.39, 0.29) is 16.8 Å². The lowest BCUT2D eigenvalue weighted by atomic mass is 9.75. The fourth-order valence-corrected chi connectivity index (χ4v) is 6.07. The highest BCUT2D eigenvalue weighted by atomic mass is 35.5. The van der Waals surface area contributed by atoms with Crippen molar-refractivity contribution >= 4 is 28.7 Å². The molecule has 2 aliphatic carbocycles. The van der Waals surface area contributed by atoms with Gasteiger partial charge < -0.3 is 0 Å². The van der Waals surface area contributed by atoms with Gasteiger partial charge in [-0.05, 0) is 60.4 Å². The molecule has 0 radical (unpaired) electrons. The molecule has 2 aromatic carbocycles. The molecule has 0 aliphatic heterocycles. The molecule has 4 aromatic rings. The number of nitrogens with zero attached hydrogens (tertiary/aromatic N) is 2. The van der Waals surface area contributed by atoms with Crippen molar-refractivity contribution in [3.05, 3.63) is 92.2 Å². The van der Waals surface area contributed by atoms with Crippen LogP contribution in [0.2, 0.25) is 5.02 Å². The smallest absolute Gasteiger partial charge is 0.265 e. The summed E-state index contributed by atoms with van der Waals surface area (Å²) >= 11 is 7.47. The van der Waals surface area contributed by atoms with E-state index in [9.17, 15) is 9.59 Å². The Kier molecular flexibility index (Phi) is 5.31. The lowest BCUT2D eigenvalue weighted by Gasteiger charge is -2.32. The minimum atomic E-state index is -0.197. The Morgan fingerprint density at radius 3 is 2.49 bits per heavy atom. The molecule has 1 fully saturated rings. The van der Waals surface area contributed by atoms with E-state index in [1.165, 1.54) is 16.9 Å². The van der Waals surface area contributed by atoms with Crippen LogP contribution in [0.15, 0.2) is 64.8 Å². The summed E-state index contributed by atoms with van der Waals surface area (Å²) in [6.07, 6.45) is 3.41. The summed E-state index contributed by atoms with van der Waals surface area (Å²) in [6, 6.07) is 17.4. The lowest BCUT2D eigenvalue weighted by Crippen LogP contribution is -2.35. The van der Waals surface area contributed by atoms with Crippen molar-refractivity contribution in [1.82, 2.24) is 9.55 Å². The first-order valence-electron chi connectivity index (χ1n) is 11.9. The third-order valence-corrected chi connectivity index (χ3v) is 8.09. The van der Waals surface area contributed by atoms with Crippen molar-refractivity contribution in [3.63, 3.8) is 0 Å². The van der Waals surface area contributed by atoms with Crippen LogP contribution >= 0.6 is 22.9 Å². The molecule has 6 rings (SSSR count). The summed E-state index contributed by atoms with van der Waals surface area (Å²) in [6.45, 7) is 4.20. The first-order valence-corrected chi connectivity index (χ1v) is 13.2. The van der Waals surface area contributed by atoms with E-state index >= 15 is 0 Å². The summed E-state index contributed by atoms with van der Waals surface area (Å²) in [4.78, 5) is 32.3. The molecule has 2 heterocycles. The number of para-hydroxylation sites is 1. The second-order valence-electron chi connectivity index (χ2n) is 10.4. The maximum atomic E-state index is 14.1. The first-order chi connectivity index (χ1) is 16.8. The highest BCUT2D eigenvalue weighted by molar-refractivity contribution is 7.13. The maximum Gasteiger partial charge on any atom is 0.265 e. The number of rotatable bonds is 4. The molecule has 0 bridgehead atoms. The van der Waals surface area contributed by atoms with Gasteiger partial charge in [0.05, 0.1) is 16.9 Å². The van der Waals surface area contributed by atoms with Gasteiger partial charge in [0.2, 0.25) is 0 Å². The van der Waals surface area contributed by atoms with Gasteiger partial charge in [0.25, 0.3) is 5.56 Å². The second-order valence-corrected chi connectivity index (χ2v) is 11.7. The average Bonchev–Trinajstić information content (AvgIpc) is 3.55. The third kappa shape index (κ3) is 4.07. The van der Waals surface area contributed by atoms with Crippen LogP contribution in [0.4, 0.5) is 0 Å². The van der Waals surface area contributed by atoms with Crippen molar-refractivity contribution in [2.24, 2.45) is 5.41 Å². The molecule has 176 valence electrons. The quantitative estimate of drug-likeness (QED) is 0.295. The molecule has 2 aliphatic rings. The highest BCUT2D eigenvalue weighted by Crippen LogP contribution is 2.44. The Bertz CT molecular complexity index is 1530. The van der Waals surface area contributed by atoms with Crippen molar-refractivity contribution in [1.29, 1.82) is 0 Å². The Morgan fingerprint density at radius 2 is 1.74 bits per heavy atom. The highest BCUT2D eigenvalue weighted by Gasteiger charge is 2.36. The van der Waals surface area contributed by atoms with Crippen LogP contribution in [0.25, 0.3) is 27.5 Å². The number of benzene rings is 2. The topological polar surface area (TPSA) is 52.0 Å². The molecule has 35 heavy (non-hydrogen) atoms. The number of fused-ring (bicyclic) bond motifs is 1. The Morgan fingerprint density at radius 1 is 1.00 bits per heavy atom. The Balaban J connectivity index is 1.57. The van der Waals surface area contributed by atoms with Crippen LogP contribution in [0.5, 0.6) is 0 Å². The van der Waals surface area contributed by atoms with Crippen molar-refractivity contribution in [2.45, 2.75) is 45.4 Å². The number of thiazole rings is 1. The van der Waals surface area contributed by atoms with Crippen LogP contribution in [-0.2, 0) is 6.42 Å². The van der Waals surface area contributed by atoms with Gasteiger partial charge in [-0.2, -0.15) is 0 Å². The van der Waals surface area contributed by atoms with Crippen LogP contribution < -0.4 is 5.56 Å². The van der Waals surface area contributed by atoms with Crippen LogP contribution in [-0.4, -0.2) is 15.3 Å². The zero-order valence-electron chi connectivity index (χ0n) is 19.7. The molecule has 0 spiro atoms. The predicted molar refractivity (Wildman–Crippen MR) is 142 cm³/mol. The lowest BCUT2D eigenvalue weighted by molar-refractivity contribution is 0.0909. The standard InChI is InChI=1S/C29H25ClN2O2S/c1-29(2)14-25-21(26(33)15-29)13-22(27-31-23(16-35-27)18-9-11-19(30)12-10-18)28(34)32(25)24-6-4-3-5-20(24)17-7-8-17/h3-6,9-13,16-17H,7-8,14-15H2,1-2H3. The summed E-state index contributed by atoms with van der Waals surface area (Å²) in [5.41, 5.74) is 5.45. The van der Waals surface area contributed by atoms with Crippen LogP contribution in [0, 0.1) is 5.41 Å². The van der Waals surface area contributed by atoms with E-state index < -0.39 is 0 Å². The second kappa shape index (κ2) is 8.28. The van der Waals surface area contributed by atoms with Gasteiger partial charge in [-0.3, -0.25) is 14.2 Å². The van der Waals surface area contributed by atoms with Gasteiger partial charge in [0.15, 0.2) is 5.78 Å². The first kappa shape index (κ1) is 22.4. The van der Waals surface area contributed by atoms with E-state index in [0.717, 1.165) is 35.5 Å². The molecule has 1 saturated carbocycles. The fourth-order valence-electron chi connectivity index (χ4n) is 5.10. The number of hydrogen-bond acceptors (Lipinski definition) is 4. The monoisotopic (exact) mass is 500 g/mol. The van der Waals surface area contributed by atoms with Gasteiger partial charge in [-0.15, -0.1) is 11.3 Å². The number of hydrogen-bond donors (Lipinski definition) is 0. The largest absolute Gasteiger partial charge is 0.294 e. The van der Waals surface area contributed by atoms with Crippen LogP contribution in [0.3, 0.4) is 0 Å². The van der Waals surface area contributed by atoms with E-state index in [0.29, 0.717) is 39.9 Å². The Labute approximate surface area is 213 Å².